The maximum atomic E-state index is 12.5. The molecular formula is C17H17N2O6S-. The summed E-state index contributed by atoms with van der Waals surface area (Å²) in [5.41, 5.74) is -0.184. The zero-order chi connectivity index (χ0) is 18.9. The Morgan fingerprint density at radius 3 is 2.54 bits per heavy atom. The average Bonchev–Trinajstić information content (AvgIpc) is 3.30. The second-order valence-electron chi connectivity index (χ2n) is 5.13. The zero-order valence-electron chi connectivity index (χ0n) is 13.9. The van der Waals surface area contributed by atoms with Crippen LogP contribution in [0.5, 0.6) is 0 Å². The maximum absolute atomic E-state index is 12.5. The van der Waals surface area contributed by atoms with E-state index in [2.05, 4.69) is 10.6 Å². The molecule has 1 atom stereocenters. The predicted molar refractivity (Wildman–Crippen MR) is 92.8 cm³/mol. The van der Waals surface area contributed by atoms with Gasteiger partial charge in [-0.2, -0.15) is 11.8 Å². The number of carbonyl (C=O) groups is 3. The summed E-state index contributed by atoms with van der Waals surface area (Å²) in [5.74, 6) is -2.00. The van der Waals surface area contributed by atoms with Gasteiger partial charge in [0.25, 0.3) is 11.8 Å². The first-order chi connectivity index (χ1) is 12.5. The van der Waals surface area contributed by atoms with Crippen molar-refractivity contribution in [3.63, 3.8) is 0 Å². The molecule has 0 bridgehead atoms. The van der Waals surface area contributed by atoms with E-state index >= 15 is 0 Å². The van der Waals surface area contributed by atoms with Crippen LogP contribution in [0.2, 0.25) is 0 Å². The Labute approximate surface area is 153 Å². The van der Waals surface area contributed by atoms with Gasteiger partial charge in [-0.1, -0.05) is 0 Å². The van der Waals surface area contributed by atoms with E-state index in [1.54, 1.807) is 12.1 Å². The molecule has 138 valence electrons. The van der Waals surface area contributed by atoms with E-state index in [1.165, 1.54) is 42.5 Å². The number of hydrogen-bond acceptors (Lipinski definition) is 7. The molecule has 26 heavy (non-hydrogen) atoms. The summed E-state index contributed by atoms with van der Waals surface area (Å²) in [6.45, 7) is 0. The number of carboxylic acids is 1. The highest BCUT2D eigenvalue weighted by Crippen LogP contribution is 2.09. The molecule has 0 aliphatic heterocycles. The fourth-order valence-electron chi connectivity index (χ4n) is 1.99. The monoisotopic (exact) mass is 377 g/mol. The zero-order valence-corrected chi connectivity index (χ0v) is 14.7. The molecule has 0 unspecified atom stereocenters. The first kappa shape index (κ1) is 19.4. The molecule has 2 N–H and O–H groups in total. The summed E-state index contributed by atoms with van der Waals surface area (Å²) in [7, 11) is 0. The van der Waals surface area contributed by atoms with Crippen LogP contribution in [-0.4, -0.2) is 35.8 Å². The van der Waals surface area contributed by atoms with Crippen molar-refractivity contribution in [3.05, 3.63) is 54.0 Å². The lowest BCUT2D eigenvalue weighted by Gasteiger charge is -2.20. The van der Waals surface area contributed by atoms with E-state index in [1.807, 2.05) is 6.26 Å². The Kier molecular flexibility index (Phi) is 7.10. The minimum absolute atomic E-state index is 0.00183. The van der Waals surface area contributed by atoms with Crippen molar-refractivity contribution in [1.29, 1.82) is 0 Å². The molecule has 0 spiro atoms. The lowest BCUT2D eigenvalue weighted by molar-refractivity contribution is -0.308. The number of amides is 2. The molecule has 2 aromatic rings. The normalized spacial score (nSPS) is 12.4. The van der Waals surface area contributed by atoms with Gasteiger partial charge in [-0.15, -0.1) is 0 Å². The van der Waals surface area contributed by atoms with Crippen LogP contribution in [0.15, 0.2) is 51.3 Å². The summed E-state index contributed by atoms with van der Waals surface area (Å²) in [6, 6.07) is 4.96. The van der Waals surface area contributed by atoms with Crippen LogP contribution in [0.25, 0.3) is 6.08 Å². The fourth-order valence-corrected chi connectivity index (χ4v) is 2.46. The van der Waals surface area contributed by atoms with Crippen molar-refractivity contribution in [3.8, 4) is 0 Å². The molecule has 0 saturated carbocycles. The highest BCUT2D eigenvalue weighted by atomic mass is 32.2. The molecular weight excluding hydrogens is 360 g/mol. The lowest BCUT2D eigenvalue weighted by Crippen LogP contribution is -2.50. The third-order valence-corrected chi connectivity index (χ3v) is 3.91. The third-order valence-electron chi connectivity index (χ3n) is 3.27. The molecule has 9 heteroatoms. The minimum atomic E-state index is -1.40. The smallest absolute Gasteiger partial charge is 0.291 e. The molecule has 0 aromatic carbocycles. The number of thioether (sulfide) groups is 1. The van der Waals surface area contributed by atoms with Gasteiger partial charge in [-0.05, 0) is 42.7 Å². The molecule has 2 rings (SSSR count). The van der Waals surface area contributed by atoms with Gasteiger partial charge in [0, 0.05) is 6.08 Å². The van der Waals surface area contributed by atoms with Gasteiger partial charge in [0.15, 0.2) is 5.76 Å². The second kappa shape index (κ2) is 9.52. The second-order valence-corrected chi connectivity index (χ2v) is 6.12. The van der Waals surface area contributed by atoms with E-state index in [-0.39, 0.29) is 17.9 Å². The van der Waals surface area contributed by atoms with Gasteiger partial charge in [0.1, 0.15) is 11.5 Å². The number of furan rings is 2. The topological polar surface area (TPSA) is 125 Å². The van der Waals surface area contributed by atoms with Crippen LogP contribution in [0, 0.1) is 0 Å². The molecule has 0 aliphatic rings. The summed E-state index contributed by atoms with van der Waals surface area (Å²) < 4.78 is 10.1. The quantitative estimate of drug-likeness (QED) is 0.614. The third kappa shape index (κ3) is 5.55. The van der Waals surface area contributed by atoms with Crippen molar-refractivity contribution in [2.24, 2.45) is 0 Å². The molecule has 0 aliphatic carbocycles. The minimum Gasteiger partial charge on any atom is -0.548 e. The van der Waals surface area contributed by atoms with Gasteiger partial charge in [-0.3, -0.25) is 9.59 Å². The molecule has 2 aromatic heterocycles. The average molecular weight is 377 g/mol. The molecule has 0 fully saturated rings. The van der Waals surface area contributed by atoms with Crippen molar-refractivity contribution >= 4 is 35.6 Å². The first-order valence-electron chi connectivity index (χ1n) is 7.62. The summed E-state index contributed by atoms with van der Waals surface area (Å²) >= 11 is 1.44. The van der Waals surface area contributed by atoms with Crippen LogP contribution in [0.4, 0.5) is 0 Å². The molecule has 8 nitrogen and oxygen atoms in total. The van der Waals surface area contributed by atoms with Crippen molar-refractivity contribution in [1.82, 2.24) is 10.6 Å². The van der Waals surface area contributed by atoms with Gasteiger partial charge in [0.05, 0.1) is 24.5 Å². The number of carboxylic acid groups (broad SMARTS) is 1. The number of carbonyl (C=O) groups excluding carboxylic acids is 3. The summed E-state index contributed by atoms with van der Waals surface area (Å²) in [6.07, 6.45) is 6.02. The van der Waals surface area contributed by atoms with Gasteiger partial charge in [-0.25, -0.2) is 0 Å². The molecule has 2 heterocycles. The SMILES string of the molecule is CSCC[C@@H](NC(=O)/C(=C/c1ccco1)NC(=O)c1ccco1)C(=O)[O-]. The summed E-state index contributed by atoms with van der Waals surface area (Å²) in [4.78, 5) is 35.9. The van der Waals surface area contributed by atoms with Crippen LogP contribution in [-0.2, 0) is 9.59 Å². The Balaban J connectivity index is 2.18. The van der Waals surface area contributed by atoms with E-state index in [0.29, 0.717) is 11.5 Å². The van der Waals surface area contributed by atoms with E-state index in [0.717, 1.165) is 0 Å². The molecule has 2 amide bonds. The van der Waals surface area contributed by atoms with Crippen molar-refractivity contribution in [2.45, 2.75) is 12.5 Å². The molecule has 0 saturated heterocycles. The van der Waals surface area contributed by atoms with E-state index < -0.39 is 23.8 Å². The lowest BCUT2D eigenvalue weighted by atomic mass is 10.2. The van der Waals surface area contributed by atoms with Crippen molar-refractivity contribution in [2.75, 3.05) is 12.0 Å². The number of hydrogen-bond donors (Lipinski definition) is 2. The number of aliphatic carboxylic acids is 1. The maximum Gasteiger partial charge on any atom is 0.291 e. The Morgan fingerprint density at radius 1 is 1.23 bits per heavy atom. The summed E-state index contributed by atoms with van der Waals surface area (Å²) in [5, 5.41) is 16.0. The predicted octanol–water partition coefficient (Wildman–Crippen LogP) is 0.631. The van der Waals surface area contributed by atoms with E-state index in [4.69, 9.17) is 8.83 Å². The van der Waals surface area contributed by atoms with Crippen molar-refractivity contribution < 1.29 is 28.3 Å². The Hall–Kier alpha value is -2.94. The molecule has 0 radical (unpaired) electrons. The number of nitrogens with one attached hydrogen (secondary N) is 2. The van der Waals surface area contributed by atoms with Crippen LogP contribution in [0.3, 0.4) is 0 Å². The Bertz CT molecular complexity index is 767. The number of rotatable bonds is 9. The van der Waals surface area contributed by atoms with Crippen LogP contribution in [0.1, 0.15) is 22.7 Å². The highest BCUT2D eigenvalue weighted by molar-refractivity contribution is 7.98. The van der Waals surface area contributed by atoms with Crippen LogP contribution >= 0.6 is 11.8 Å². The highest BCUT2D eigenvalue weighted by Gasteiger charge is 2.20. The van der Waals surface area contributed by atoms with Gasteiger partial charge < -0.3 is 29.4 Å². The van der Waals surface area contributed by atoms with Gasteiger partial charge in [0.2, 0.25) is 0 Å². The van der Waals surface area contributed by atoms with Gasteiger partial charge >= 0.3 is 0 Å². The van der Waals surface area contributed by atoms with E-state index in [9.17, 15) is 19.5 Å². The standard InChI is InChI=1S/C17H18N2O6S/c1-26-9-6-12(17(22)23)18-15(20)13(10-11-4-2-7-24-11)19-16(21)14-5-3-8-25-14/h2-5,7-8,10,12H,6,9H2,1H3,(H,18,20)(H,19,21)(H,22,23)/p-1/b13-10-/t12-/m1/s1. The fraction of sp³-hybridized carbons (Fsp3) is 0.235. The van der Waals surface area contributed by atoms with Crippen LogP contribution < -0.4 is 15.7 Å². The largest absolute Gasteiger partial charge is 0.548 e. The first-order valence-corrected chi connectivity index (χ1v) is 9.01. The Morgan fingerprint density at radius 2 is 1.96 bits per heavy atom.